The number of likely N-dealkylation sites (tertiary alicyclic amines) is 1. The zero-order valence-corrected chi connectivity index (χ0v) is 17.2. The Hall–Kier alpha value is -3.35. The number of benzene rings is 2. The lowest BCUT2D eigenvalue weighted by Gasteiger charge is -2.31. The molecule has 1 aromatic heterocycles. The largest absolute Gasteiger partial charge is 0.350 e. The van der Waals surface area contributed by atoms with Crippen LogP contribution in [0.3, 0.4) is 0 Å². The average Bonchev–Trinajstić information content (AvgIpc) is 3.09. The standard InChI is InChI=1S/C23H27N5O2/c1-26-23(30)28(20-10-6-3-7-11-20)21(25-26)19-13-16-27(17-14-19)22(29)24-15-12-18-8-4-2-5-9-18/h2-11,19H,12-17H2,1H3,(H,24,29). The highest BCUT2D eigenvalue weighted by molar-refractivity contribution is 5.74. The van der Waals surface area contributed by atoms with E-state index in [2.05, 4.69) is 22.5 Å². The van der Waals surface area contributed by atoms with Gasteiger partial charge in [-0.05, 0) is 37.0 Å². The van der Waals surface area contributed by atoms with Crippen LogP contribution in [0.15, 0.2) is 65.5 Å². The fourth-order valence-electron chi connectivity index (χ4n) is 3.98. The smallest absolute Gasteiger partial charge is 0.338 e. The summed E-state index contributed by atoms with van der Waals surface area (Å²) in [4.78, 5) is 27.0. The summed E-state index contributed by atoms with van der Waals surface area (Å²) in [6, 6.07) is 19.7. The van der Waals surface area contributed by atoms with Crippen LogP contribution < -0.4 is 11.0 Å². The Morgan fingerprint density at radius 2 is 1.67 bits per heavy atom. The molecule has 3 aromatic rings. The summed E-state index contributed by atoms with van der Waals surface area (Å²) in [7, 11) is 1.68. The summed E-state index contributed by atoms with van der Waals surface area (Å²) in [5.41, 5.74) is 1.90. The van der Waals surface area contributed by atoms with E-state index in [4.69, 9.17) is 0 Å². The molecule has 0 atom stereocenters. The lowest BCUT2D eigenvalue weighted by molar-refractivity contribution is 0.180. The molecule has 0 saturated carbocycles. The van der Waals surface area contributed by atoms with Gasteiger partial charge in [-0.2, -0.15) is 5.10 Å². The molecule has 0 unspecified atom stereocenters. The van der Waals surface area contributed by atoms with E-state index in [1.807, 2.05) is 53.4 Å². The van der Waals surface area contributed by atoms with E-state index in [1.165, 1.54) is 10.2 Å². The van der Waals surface area contributed by atoms with Gasteiger partial charge in [0, 0.05) is 32.6 Å². The molecule has 1 saturated heterocycles. The van der Waals surface area contributed by atoms with Crippen molar-refractivity contribution < 1.29 is 4.79 Å². The molecule has 7 heteroatoms. The fourth-order valence-corrected chi connectivity index (χ4v) is 3.98. The molecular weight excluding hydrogens is 378 g/mol. The molecule has 2 heterocycles. The van der Waals surface area contributed by atoms with E-state index >= 15 is 0 Å². The minimum Gasteiger partial charge on any atom is -0.338 e. The number of carbonyl (C=O) groups is 1. The maximum Gasteiger partial charge on any atom is 0.350 e. The number of amides is 2. The molecule has 0 bridgehead atoms. The summed E-state index contributed by atoms with van der Waals surface area (Å²) in [6.45, 7) is 1.93. The quantitative estimate of drug-likeness (QED) is 0.709. The van der Waals surface area contributed by atoms with Crippen molar-refractivity contribution in [3.05, 3.63) is 82.5 Å². The summed E-state index contributed by atoms with van der Waals surface area (Å²) in [5.74, 6) is 0.922. The van der Waals surface area contributed by atoms with Crippen LogP contribution in [0.25, 0.3) is 5.69 Å². The van der Waals surface area contributed by atoms with Gasteiger partial charge in [-0.15, -0.1) is 0 Å². The number of aryl methyl sites for hydroxylation is 1. The topological polar surface area (TPSA) is 72.2 Å². The van der Waals surface area contributed by atoms with E-state index in [0.717, 1.165) is 30.8 Å². The van der Waals surface area contributed by atoms with E-state index in [-0.39, 0.29) is 17.6 Å². The van der Waals surface area contributed by atoms with Gasteiger partial charge >= 0.3 is 11.7 Å². The molecule has 0 radical (unpaired) electrons. The SMILES string of the molecule is Cn1nc(C2CCN(C(=O)NCCc3ccccc3)CC2)n(-c2ccccc2)c1=O. The second-order valence-corrected chi connectivity index (χ2v) is 7.66. The third kappa shape index (κ3) is 4.30. The molecule has 0 spiro atoms. The molecule has 1 aliphatic rings. The Labute approximate surface area is 175 Å². The summed E-state index contributed by atoms with van der Waals surface area (Å²) in [5, 5.41) is 7.53. The van der Waals surface area contributed by atoms with Crippen LogP contribution in [0.5, 0.6) is 0 Å². The van der Waals surface area contributed by atoms with Crippen LogP contribution in [0.1, 0.15) is 30.1 Å². The van der Waals surface area contributed by atoms with Crippen LogP contribution in [0.4, 0.5) is 4.79 Å². The maximum atomic E-state index is 12.6. The lowest BCUT2D eigenvalue weighted by Crippen LogP contribution is -2.44. The van der Waals surface area contributed by atoms with Gasteiger partial charge in [0.05, 0.1) is 5.69 Å². The van der Waals surface area contributed by atoms with E-state index in [9.17, 15) is 9.59 Å². The lowest BCUT2D eigenvalue weighted by atomic mass is 9.96. The highest BCUT2D eigenvalue weighted by Crippen LogP contribution is 2.27. The van der Waals surface area contributed by atoms with Gasteiger partial charge in [0.2, 0.25) is 0 Å². The highest BCUT2D eigenvalue weighted by Gasteiger charge is 2.28. The number of hydrogen-bond donors (Lipinski definition) is 1. The summed E-state index contributed by atoms with van der Waals surface area (Å²) in [6.07, 6.45) is 2.39. The number of urea groups is 1. The Balaban J connectivity index is 1.36. The minimum absolute atomic E-state index is 0.0224. The average molecular weight is 406 g/mol. The molecule has 2 aromatic carbocycles. The van der Waals surface area contributed by atoms with Crippen molar-refractivity contribution >= 4 is 6.03 Å². The second kappa shape index (κ2) is 8.98. The van der Waals surface area contributed by atoms with Gasteiger partial charge in [0.15, 0.2) is 0 Å². The Kier molecular flexibility index (Phi) is 5.97. The van der Waals surface area contributed by atoms with Crippen molar-refractivity contribution in [3.8, 4) is 5.69 Å². The third-order valence-corrected chi connectivity index (χ3v) is 5.64. The van der Waals surface area contributed by atoms with Crippen LogP contribution in [0, 0.1) is 0 Å². The van der Waals surface area contributed by atoms with E-state index < -0.39 is 0 Å². The number of carbonyl (C=O) groups excluding carboxylic acids is 1. The Morgan fingerprint density at radius 1 is 1.03 bits per heavy atom. The molecule has 156 valence electrons. The number of hydrogen-bond acceptors (Lipinski definition) is 3. The van der Waals surface area contributed by atoms with Gasteiger partial charge in [-0.3, -0.25) is 0 Å². The van der Waals surface area contributed by atoms with Crippen LogP contribution >= 0.6 is 0 Å². The van der Waals surface area contributed by atoms with Crippen LogP contribution in [-0.4, -0.2) is 44.9 Å². The number of para-hydroxylation sites is 1. The van der Waals surface area contributed by atoms with Crippen molar-refractivity contribution in [3.63, 3.8) is 0 Å². The fraction of sp³-hybridized carbons (Fsp3) is 0.348. The summed E-state index contributed by atoms with van der Waals surface area (Å²) >= 11 is 0. The van der Waals surface area contributed by atoms with Gasteiger partial charge in [-0.25, -0.2) is 18.8 Å². The molecule has 1 aliphatic heterocycles. The monoisotopic (exact) mass is 405 g/mol. The van der Waals surface area contributed by atoms with Crippen LogP contribution in [-0.2, 0) is 13.5 Å². The van der Waals surface area contributed by atoms with Gasteiger partial charge in [0.1, 0.15) is 5.82 Å². The molecule has 30 heavy (non-hydrogen) atoms. The maximum absolute atomic E-state index is 12.6. The van der Waals surface area contributed by atoms with Crippen molar-refractivity contribution in [1.82, 2.24) is 24.6 Å². The first-order chi connectivity index (χ1) is 14.6. The molecule has 1 fully saturated rings. The highest BCUT2D eigenvalue weighted by atomic mass is 16.2. The second-order valence-electron chi connectivity index (χ2n) is 7.66. The number of nitrogens with one attached hydrogen (secondary N) is 1. The van der Waals surface area contributed by atoms with E-state index in [0.29, 0.717) is 19.6 Å². The first kappa shape index (κ1) is 19.9. The van der Waals surface area contributed by atoms with Crippen LogP contribution in [0.2, 0.25) is 0 Å². The van der Waals surface area contributed by atoms with Crippen molar-refractivity contribution in [2.24, 2.45) is 7.05 Å². The first-order valence-corrected chi connectivity index (χ1v) is 10.4. The van der Waals surface area contributed by atoms with Crippen molar-refractivity contribution in [1.29, 1.82) is 0 Å². The van der Waals surface area contributed by atoms with E-state index in [1.54, 1.807) is 11.6 Å². The molecule has 1 N–H and O–H groups in total. The van der Waals surface area contributed by atoms with Crippen molar-refractivity contribution in [2.75, 3.05) is 19.6 Å². The number of rotatable bonds is 5. The van der Waals surface area contributed by atoms with Gasteiger partial charge in [0.25, 0.3) is 0 Å². The van der Waals surface area contributed by atoms with Crippen molar-refractivity contribution in [2.45, 2.75) is 25.2 Å². The molecule has 0 aliphatic carbocycles. The molecular formula is C23H27N5O2. The molecule has 7 nitrogen and oxygen atoms in total. The zero-order valence-electron chi connectivity index (χ0n) is 17.2. The zero-order chi connectivity index (χ0) is 20.9. The Morgan fingerprint density at radius 3 is 2.33 bits per heavy atom. The molecule has 2 amide bonds. The number of piperidine rings is 1. The Bertz CT molecular complexity index is 1030. The normalized spacial score (nSPS) is 14.6. The molecule has 4 rings (SSSR count). The third-order valence-electron chi connectivity index (χ3n) is 5.64. The first-order valence-electron chi connectivity index (χ1n) is 10.4. The number of nitrogens with zero attached hydrogens (tertiary/aromatic N) is 4. The van der Waals surface area contributed by atoms with Gasteiger partial charge in [-0.1, -0.05) is 48.5 Å². The minimum atomic E-state index is -0.141. The summed E-state index contributed by atoms with van der Waals surface area (Å²) < 4.78 is 3.09. The van der Waals surface area contributed by atoms with Gasteiger partial charge < -0.3 is 10.2 Å². The predicted molar refractivity (Wildman–Crippen MR) is 116 cm³/mol. The predicted octanol–water partition coefficient (Wildman–Crippen LogP) is 2.70. The number of aromatic nitrogens is 3.